The Labute approximate surface area is 299 Å². The number of alkyl halides is 6. The first kappa shape index (κ1) is 38.6. The van der Waals surface area contributed by atoms with Crippen molar-refractivity contribution in [1.82, 2.24) is 14.8 Å². The van der Waals surface area contributed by atoms with E-state index in [9.17, 15) is 40.7 Å². The average molecular weight is 754 g/mol. The first-order chi connectivity index (χ1) is 24.7. The molecule has 0 saturated carbocycles. The van der Waals surface area contributed by atoms with Crippen molar-refractivity contribution in [3.8, 4) is 11.5 Å². The second-order valence-corrected chi connectivity index (χ2v) is 13.5. The van der Waals surface area contributed by atoms with E-state index in [1.165, 1.54) is 17.2 Å². The molecule has 2 amide bonds. The van der Waals surface area contributed by atoms with Crippen LogP contribution in [0.25, 0.3) is 0 Å². The molecule has 9 nitrogen and oxygen atoms in total. The van der Waals surface area contributed by atoms with Gasteiger partial charge >= 0.3 is 18.3 Å². The van der Waals surface area contributed by atoms with Gasteiger partial charge in [0.2, 0.25) is 5.60 Å². The molecule has 0 radical (unpaired) electrons. The van der Waals surface area contributed by atoms with Crippen LogP contribution in [0.2, 0.25) is 0 Å². The molecule has 0 bridgehead atoms. The van der Waals surface area contributed by atoms with Gasteiger partial charge in [0, 0.05) is 56.0 Å². The molecule has 16 heteroatoms. The molecule has 2 aliphatic rings. The summed E-state index contributed by atoms with van der Waals surface area (Å²) < 4.78 is 95.0. The number of hydrogen-bond acceptors (Lipinski definition) is 7. The van der Waals surface area contributed by atoms with Gasteiger partial charge in [-0.1, -0.05) is 37.6 Å². The molecular weight excluding hydrogens is 716 g/mol. The maximum Gasteiger partial charge on any atom is 0.425 e. The number of hydrogen-bond donors (Lipinski definition) is 1. The summed E-state index contributed by atoms with van der Waals surface area (Å²) in [5, 5.41) is 10.1. The van der Waals surface area contributed by atoms with E-state index in [2.05, 4.69) is 4.98 Å². The van der Waals surface area contributed by atoms with Crippen molar-refractivity contribution < 1.29 is 55.3 Å². The maximum atomic E-state index is 14.8. The van der Waals surface area contributed by atoms with Gasteiger partial charge in [-0.15, -0.1) is 11.3 Å². The number of pyridine rings is 1. The summed E-state index contributed by atoms with van der Waals surface area (Å²) in [6, 6.07) is 7.58. The smallest absolute Gasteiger partial charge is 0.425 e. The molecule has 3 aromatic rings. The molecule has 1 saturated heterocycles. The van der Waals surface area contributed by atoms with E-state index in [1.54, 1.807) is 19.1 Å². The molecule has 4 heterocycles. The van der Waals surface area contributed by atoms with Gasteiger partial charge in [-0.05, 0) is 49.3 Å². The molecule has 2 atom stereocenters. The van der Waals surface area contributed by atoms with Crippen LogP contribution in [0.3, 0.4) is 0 Å². The lowest BCUT2D eigenvalue weighted by atomic mass is 9.81. The number of carbonyl (C=O) groups excluding carboxylic acids is 2. The normalized spacial score (nSPS) is 19.8. The number of aliphatic carboxylic acids is 1. The highest BCUT2D eigenvalue weighted by Gasteiger charge is 2.55. The van der Waals surface area contributed by atoms with Crippen LogP contribution in [0.5, 0.6) is 11.5 Å². The molecule has 5 rings (SSSR count). The molecule has 0 spiro atoms. The number of carboxylic acid groups (broad SMARTS) is 1. The van der Waals surface area contributed by atoms with Crippen molar-refractivity contribution in [2.24, 2.45) is 0 Å². The SMILES string of the molecule is CCC[C@H]1N(C(=O)c2cnccc2C(F)(F)F)C=CC[C@@]1(Oc1csc(C(F)(F)F)c1)C(=O)N1CCC(c2ccccc2OCCCC(=O)O)CC1. The molecule has 1 N–H and O–H groups in total. The Balaban J connectivity index is 1.46. The summed E-state index contributed by atoms with van der Waals surface area (Å²) >= 11 is 0.374. The lowest BCUT2D eigenvalue weighted by molar-refractivity contribution is -0.155. The lowest BCUT2D eigenvalue weighted by Crippen LogP contribution is -2.66. The second-order valence-electron chi connectivity index (χ2n) is 12.6. The summed E-state index contributed by atoms with van der Waals surface area (Å²) in [6.07, 6.45) is -3.70. The Hall–Kier alpha value is -4.60. The average Bonchev–Trinajstić information content (AvgIpc) is 3.59. The highest BCUT2D eigenvalue weighted by atomic mass is 32.1. The van der Waals surface area contributed by atoms with E-state index in [4.69, 9.17) is 14.6 Å². The molecule has 2 aliphatic heterocycles. The number of rotatable bonds is 12. The minimum atomic E-state index is -4.89. The zero-order valence-corrected chi connectivity index (χ0v) is 28.9. The predicted molar refractivity (Wildman–Crippen MR) is 178 cm³/mol. The van der Waals surface area contributed by atoms with E-state index >= 15 is 0 Å². The van der Waals surface area contributed by atoms with Crippen LogP contribution in [0.4, 0.5) is 26.3 Å². The number of carboxylic acids is 1. The Morgan fingerprint density at radius 1 is 1.06 bits per heavy atom. The van der Waals surface area contributed by atoms with E-state index in [0.29, 0.717) is 48.8 Å². The molecule has 1 fully saturated rings. The van der Waals surface area contributed by atoms with Crippen molar-refractivity contribution in [3.63, 3.8) is 0 Å². The van der Waals surface area contributed by atoms with Crippen molar-refractivity contribution >= 4 is 29.1 Å². The number of ether oxygens (including phenoxy) is 2. The third kappa shape index (κ3) is 8.54. The van der Waals surface area contributed by atoms with Gasteiger partial charge in [0.05, 0.1) is 23.8 Å². The second kappa shape index (κ2) is 16.0. The summed E-state index contributed by atoms with van der Waals surface area (Å²) in [6.45, 7) is 2.36. The quantitative estimate of drug-likeness (QED) is 0.147. The summed E-state index contributed by atoms with van der Waals surface area (Å²) in [5.41, 5.74) is -3.07. The monoisotopic (exact) mass is 753 g/mol. The van der Waals surface area contributed by atoms with E-state index in [0.717, 1.165) is 34.3 Å². The third-order valence-electron chi connectivity index (χ3n) is 9.16. The summed E-state index contributed by atoms with van der Waals surface area (Å²) in [7, 11) is 0. The molecular formula is C36H37F6N3O6S. The zero-order chi connectivity index (χ0) is 37.7. The van der Waals surface area contributed by atoms with E-state index in [1.807, 2.05) is 12.1 Å². The largest absolute Gasteiger partial charge is 0.493 e. The number of carbonyl (C=O) groups is 3. The van der Waals surface area contributed by atoms with Gasteiger partial charge in [-0.2, -0.15) is 26.3 Å². The molecule has 280 valence electrons. The Morgan fingerprint density at radius 3 is 2.44 bits per heavy atom. The molecule has 0 unspecified atom stereocenters. The number of amides is 2. The van der Waals surface area contributed by atoms with Crippen LogP contribution < -0.4 is 9.47 Å². The highest BCUT2D eigenvalue weighted by Crippen LogP contribution is 2.43. The zero-order valence-electron chi connectivity index (χ0n) is 28.1. The van der Waals surface area contributed by atoms with Crippen LogP contribution >= 0.6 is 11.3 Å². The Bertz CT molecular complexity index is 1770. The standard InChI is InChI=1S/C36H37F6N3O6S/c1-2-7-29-34(51-24-20-30(52-22-24)36(40,41)42,14-6-16-45(29)32(48)26-21-43-15-11-27(26)35(37,38)39)33(49)44-17-12-23(13-18-44)25-8-3-4-9-28(25)50-19-5-10-31(46)47/h3-4,6,8-9,11,15-16,20-23,29H,2,5,7,10,12-14,17-19H2,1H3,(H,46,47)/t29-,34+/m1/s1. The number of thiophene rings is 1. The van der Waals surface area contributed by atoms with Gasteiger partial charge in [-0.3, -0.25) is 19.4 Å². The number of likely N-dealkylation sites (tertiary alicyclic amines) is 1. The highest BCUT2D eigenvalue weighted by molar-refractivity contribution is 7.10. The number of piperidine rings is 1. The molecule has 1 aromatic carbocycles. The van der Waals surface area contributed by atoms with Crippen molar-refractivity contribution in [2.45, 2.75) is 81.8 Å². The number of nitrogens with zero attached hydrogens (tertiary/aromatic N) is 3. The number of halogens is 6. The fourth-order valence-corrected chi connectivity index (χ4v) is 7.42. The van der Waals surface area contributed by atoms with Crippen LogP contribution in [0.15, 0.2) is 66.4 Å². The maximum absolute atomic E-state index is 14.8. The predicted octanol–water partition coefficient (Wildman–Crippen LogP) is 8.18. The summed E-state index contributed by atoms with van der Waals surface area (Å²) in [4.78, 5) is 45.0. The Kier molecular flexibility index (Phi) is 11.9. The van der Waals surface area contributed by atoms with Gasteiger partial charge in [-0.25, -0.2) is 0 Å². The summed E-state index contributed by atoms with van der Waals surface area (Å²) in [5.74, 6) is -2.33. The van der Waals surface area contributed by atoms with Crippen LogP contribution in [0, 0.1) is 0 Å². The molecule has 0 aliphatic carbocycles. The van der Waals surface area contributed by atoms with Gasteiger partial charge in [0.15, 0.2) is 0 Å². The van der Waals surface area contributed by atoms with Gasteiger partial charge in [0.25, 0.3) is 11.8 Å². The minimum Gasteiger partial charge on any atom is -0.493 e. The number of benzene rings is 1. The van der Waals surface area contributed by atoms with E-state index < -0.39 is 57.8 Å². The van der Waals surface area contributed by atoms with Gasteiger partial charge in [0.1, 0.15) is 16.4 Å². The first-order valence-corrected chi connectivity index (χ1v) is 17.6. The van der Waals surface area contributed by atoms with Crippen LogP contribution in [-0.4, -0.2) is 69.0 Å². The van der Waals surface area contributed by atoms with Gasteiger partial charge < -0.3 is 24.4 Å². The molecule has 52 heavy (non-hydrogen) atoms. The fraction of sp³-hybridized carbons (Fsp3) is 0.444. The minimum absolute atomic E-state index is 0.0433. The van der Waals surface area contributed by atoms with Crippen LogP contribution in [-0.2, 0) is 21.9 Å². The number of aromatic nitrogens is 1. The third-order valence-corrected chi connectivity index (χ3v) is 10.1. The number of para-hydroxylation sites is 1. The Morgan fingerprint density at radius 2 is 1.79 bits per heavy atom. The fourth-order valence-electron chi connectivity index (χ4n) is 6.74. The van der Waals surface area contributed by atoms with Crippen LogP contribution in [0.1, 0.15) is 84.1 Å². The van der Waals surface area contributed by atoms with Crippen molar-refractivity contribution in [1.29, 1.82) is 0 Å². The van der Waals surface area contributed by atoms with Crippen molar-refractivity contribution in [3.05, 3.63) is 88.0 Å². The van der Waals surface area contributed by atoms with E-state index in [-0.39, 0.29) is 50.6 Å². The topological polar surface area (TPSA) is 109 Å². The molecule has 2 aromatic heterocycles. The van der Waals surface area contributed by atoms with Crippen molar-refractivity contribution in [2.75, 3.05) is 19.7 Å². The lowest BCUT2D eigenvalue weighted by Gasteiger charge is -2.48. The first-order valence-electron chi connectivity index (χ1n) is 16.7.